The second-order valence-electron chi connectivity index (χ2n) is 28.0. The van der Waals surface area contributed by atoms with Crippen LogP contribution in [-0.4, -0.2) is 0 Å². The Morgan fingerprint density at radius 2 is 0.437 bits per heavy atom. The number of furan rings is 1. The van der Waals surface area contributed by atoms with Gasteiger partial charge in [-0.3, -0.25) is 0 Å². The Morgan fingerprint density at radius 3 is 1.01 bits per heavy atom. The molecule has 0 spiro atoms. The summed E-state index contributed by atoms with van der Waals surface area (Å²) in [4.78, 5) is 0. The lowest BCUT2D eigenvalue weighted by Crippen LogP contribution is -1.92. The van der Waals surface area contributed by atoms with Crippen LogP contribution in [0.2, 0.25) is 0 Å². The van der Waals surface area contributed by atoms with Gasteiger partial charge in [-0.2, -0.15) is 0 Å². The van der Waals surface area contributed by atoms with Crippen molar-refractivity contribution < 1.29 is 4.42 Å². The van der Waals surface area contributed by atoms with Crippen LogP contribution in [0.3, 0.4) is 0 Å². The third-order valence-electron chi connectivity index (χ3n) is 22.5. The van der Waals surface area contributed by atoms with Gasteiger partial charge in [-0.15, -0.1) is 0 Å². The lowest BCUT2D eigenvalue weighted by atomic mass is 9.83. The molecule has 22 aromatic rings. The molecule has 0 aliphatic rings. The first-order valence-electron chi connectivity index (χ1n) is 35.8. The van der Waals surface area contributed by atoms with Crippen molar-refractivity contribution in [2.75, 3.05) is 0 Å². The number of benzene rings is 21. The molecule has 1 aromatic heterocycles. The number of para-hydroxylation sites is 1. The van der Waals surface area contributed by atoms with Gasteiger partial charge >= 0.3 is 0 Å². The number of fused-ring (bicyclic) bond motifs is 18. The molecule has 0 radical (unpaired) electrons. The predicted molar refractivity (Wildman–Crippen MR) is 442 cm³/mol. The first kappa shape index (κ1) is 57.4. The van der Waals surface area contributed by atoms with Gasteiger partial charge in [0.2, 0.25) is 0 Å². The molecule has 0 bridgehead atoms. The molecule has 0 saturated heterocycles. The highest BCUT2D eigenvalue weighted by molar-refractivity contribution is 6.27. The predicted octanol–water partition coefficient (Wildman–Crippen LogP) is 29.1. The fourth-order valence-electron chi connectivity index (χ4n) is 17.8. The molecule has 21 aromatic carbocycles. The molecule has 1 nitrogen and oxygen atoms in total. The van der Waals surface area contributed by atoms with E-state index in [1.54, 1.807) is 0 Å². The molecule has 0 N–H and O–H groups in total. The van der Waals surface area contributed by atoms with E-state index in [0.29, 0.717) is 0 Å². The van der Waals surface area contributed by atoms with E-state index in [2.05, 4.69) is 358 Å². The molecular formula is C102H60O. The zero-order valence-electron chi connectivity index (χ0n) is 56.0. The molecule has 0 atom stereocenters. The molecule has 1 heteroatoms. The van der Waals surface area contributed by atoms with Crippen molar-refractivity contribution in [3.63, 3.8) is 0 Å². The molecule has 1 heterocycles. The van der Waals surface area contributed by atoms with Gasteiger partial charge in [0, 0.05) is 10.8 Å². The van der Waals surface area contributed by atoms with Crippen LogP contribution < -0.4 is 0 Å². The highest BCUT2D eigenvalue weighted by Crippen LogP contribution is 2.50. The van der Waals surface area contributed by atoms with Gasteiger partial charge in [0.25, 0.3) is 0 Å². The average molecular weight is 1300 g/mol. The van der Waals surface area contributed by atoms with E-state index in [0.717, 1.165) is 21.9 Å². The molecule has 22 rings (SSSR count). The maximum Gasteiger partial charge on any atom is 0.135 e. The second kappa shape index (κ2) is 22.5. The maximum absolute atomic E-state index is 6.26. The zero-order valence-corrected chi connectivity index (χ0v) is 56.0. The van der Waals surface area contributed by atoms with Gasteiger partial charge in [-0.05, 0) is 268 Å². The van der Waals surface area contributed by atoms with Crippen LogP contribution in [0.25, 0.3) is 229 Å². The topological polar surface area (TPSA) is 13.1 Å². The van der Waals surface area contributed by atoms with Crippen molar-refractivity contribution in [1.82, 2.24) is 0 Å². The molecule has 0 saturated carbocycles. The summed E-state index contributed by atoms with van der Waals surface area (Å²) in [5.74, 6) is 0. The molecule has 474 valence electrons. The second-order valence-corrected chi connectivity index (χ2v) is 28.0. The van der Waals surface area contributed by atoms with Crippen LogP contribution >= 0.6 is 0 Å². The van der Waals surface area contributed by atoms with E-state index in [4.69, 9.17) is 4.42 Å². The summed E-state index contributed by atoms with van der Waals surface area (Å²) in [5.41, 5.74) is 19.0. The van der Waals surface area contributed by atoms with Crippen molar-refractivity contribution in [3.8, 4) is 77.9 Å². The fourth-order valence-corrected chi connectivity index (χ4v) is 17.8. The van der Waals surface area contributed by atoms with Crippen molar-refractivity contribution in [2.24, 2.45) is 0 Å². The molecular weight excluding hydrogens is 1240 g/mol. The Kier molecular flexibility index (Phi) is 12.6. The largest absolute Gasteiger partial charge is 0.456 e. The monoisotopic (exact) mass is 1300 g/mol. The van der Waals surface area contributed by atoms with Crippen molar-refractivity contribution in [2.45, 2.75) is 0 Å². The Morgan fingerprint density at radius 1 is 0.126 bits per heavy atom. The molecule has 103 heavy (non-hydrogen) atoms. The number of hydrogen-bond acceptors (Lipinski definition) is 1. The van der Waals surface area contributed by atoms with E-state index in [1.165, 1.54) is 207 Å². The van der Waals surface area contributed by atoms with Crippen molar-refractivity contribution in [1.29, 1.82) is 0 Å². The first-order valence-corrected chi connectivity index (χ1v) is 35.8. The van der Waals surface area contributed by atoms with E-state index < -0.39 is 0 Å². The lowest BCUT2D eigenvalue weighted by molar-refractivity contribution is 0.669. The fraction of sp³-hybridized carbons (Fsp3) is 0. The molecule has 0 aliphatic carbocycles. The van der Waals surface area contributed by atoms with Crippen LogP contribution in [0.5, 0.6) is 0 Å². The minimum Gasteiger partial charge on any atom is -0.456 e. The zero-order chi connectivity index (χ0) is 67.4. The minimum absolute atomic E-state index is 0.906. The molecule has 0 amide bonds. The standard InChI is InChI=1S/C102H60O/c1-2-18-75-61(17-1)33-37-67-56-73(44-48-76(67)75)100-87-26-9-7-24-85(87)99(86-25-8-10-27-88(86)100)72-42-36-62-54-69(38-34-63(62)55-72)95-59-71-39-35-65(58-94(71)82-21-5-6-22-83(82)95)64-43-47-77-66(53-64)40-41-68-57-74(45-49-78(68)77)101-89-28-11-13-30-91(89)102(92-31-14-12-29-90(92)101)93-51-50-79(80-19-3-4-20-81(80)93)70-46-52-98-96(60-70)84-23-15-16-32-97(84)103-98/h1-60H. The minimum atomic E-state index is 0.906. The quantitative estimate of drug-likeness (QED) is 0.114. The Bertz CT molecular complexity index is 7310. The highest BCUT2D eigenvalue weighted by atomic mass is 16.3. The van der Waals surface area contributed by atoms with Gasteiger partial charge < -0.3 is 4.42 Å². The van der Waals surface area contributed by atoms with E-state index in [9.17, 15) is 0 Å². The van der Waals surface area contributed by atoms with Crippen molar-refractivity contribution >= 4 is 151 Å². The normalized spacial score (nSPS) is 12.1. The van der Waals surface area contributed by atoms with Crippen LogP contribution in [0, 0.1) is 0 Å². The highest BCUT2D eigenvalue weighted by Gasteiger charge is 2.23. The van der Waals surface area contributed by atoms with E-state index in [-0.39, 0.29) is 0 Å². The number of hydrogen-bond donors (Lipinski definition) is 0. The summed E-state index contributed by atoms with van der Waals surface area (Å²) in [7, 11) is 0. The smallest absolute Gasteiger partial charge is 0.135 e. The van der Waals surface area contributed by atoms with Crippen molar-refractivity contribution in [3.05, 3.63) is 364 Å². The van der Waals surface area contributed by atoms with Crippen LogP contribution in [0.15, 0.2) is 368 Å². The number of rotatable bonds is 7. The third kappa shape index (κ3) is 8.93. The third-order valence-corrected chi connectivity index (χ3v) is 22.5. The summed E-state index contributed by atoms with van der Waals surface area (Å²) < 4.78 is 6.26. The summed E-state index contributed by atoms with van der Waals surface area (Å²) in [6, 6.07) is 136. The van der Waals surface area contributed by atoms with Gasteiger partial charge in [-0.25, -0.2) is 0 Å². The molecule has 0 fully saturated rings. The SMILES string of the molecule is c1ccc2c(c1)ccc1cc(-c3c4ccccc4c(-c4ccc5cc(-c6cc7ccc(-c8ccc9c(ccc%10cc(-c%11c%12ccccc%12c(-c%12ccc(-c%13ccc%14oc%15ccccc%15c%14c%13)c%13ccccc%12%13)c%12ccccc%11%12)ccc%109)c8)cc7c7ccccc67)ccc5c4)c4ccccc34)ccc12. The Hall–Kier alpha value is -13.5. The summed E-state index contributed by atoms with van der Waals surface area (Å²) >= 11 is 0. The maximum atomic E-state index is 6.26. The Labute approximate surface area is 593 Å². The van der Waals surface area contributed by atoms with E-state index in [1.807, 2.05) is 6.07 Å². The summed E-state index contributed by atoms with van der Waals surface area (Å²) in [6.45, 7) is 0. The first-order chi connectivity index (χ1) is 51.0. The molecule has 0 aliphatic heterocycles. The summed E-state index contributed by atoms with van der Waals surface area (Å²) in [5, 5.41) is 32.1. The molecule has 0 unspecified atom stereocenters. The van der Waals surface area contributed by atoms with E-state index >= 15 is 0 Å². The van der Waals surface area contributed by atoms with Gasteiger partial charge in [-0.1, -0.05) is 303 Å². The Balaban J connectivity index is 0.587. The van der Waals surface area contributed by atoms with Gasteiger partial charge in [0.1, 0.15) is 11.2 Å². The van der Waals surface area contributed by atoms with Crippen LogP contribution in [0.4, 0.5) is 0 Å². The van der Waals surface area contributed by atoms with Crippen LogP contribution in [-0.2, 0) is 0 Å². The van der Waals surface area contributed by atoms with Crippen LogP contribution in [0.1, 0.15) is 0 Å². The lowest BCUT2D eigenvalue weighted by Gasteiger charge is -2.20. The summed E-state index contributed by atoms with van der Waals surface area (Å²) in [6.07, 6.45) is 0. The van der Waals surface area contributed by atoms with Gasteiger partial charge in [0.05, 0.1) is 0 Å². The van der Waals surface area contributed by atoms with Gasteiger partial charge in [0.15, 0.2) is 0 Å². The average Bonchev–Trinajstić information content (AvgIpc) is 0.944.